The van der Waals surface area contributed by atoms with E-state index in [4.69, 9.17) is 5.11 Å². The van der Waals surface area contributed by atoms with E-state index in [9.17, 15) is 4.79 Å². The Morgan fingerprint density at radius 1 is 1.50 bits per heavy atom. The molecule has 0 saturated heterocycles. The van der Waals surface area contributed by atoms with E-state index in [0.717, 1.165) is 21.6 Å². The molecule has 94 valence electrons. The summed E-state index contributed by atoms with van der Waals surface area (Å²) in [6, 6.07) is 6.05. The van der Waals surface area contributed by atoms with Crippen LogP contribution in [0.15, 0.2) is 28.7 Å². The van der Waals surface area contributed by atoms with Gasteiger partial charge in [0, 0.05) is 16.6 Å². The lowest BCUT2D eigenvalue weighted by atomic mass is 10.3. The van der Waals surface area contributed by atoms with Gasteiger partial charge in [0.1, 0.15) is 11.3 Å². The van der Waals surface area contributed by atoms with Crippen molar-refractivity contribution in [3.8, 4) is 0 Å². The maximum Gasteiger partial charge on any atom is 0.328 e. The molecule has 0 amide bonds. The third-order valence-corrected chi connectivity index (χ3v) is 3.23. The maximum atomic E-state index is 10.6. The summed E-state index contributed by atoms with van der Waals surface area (Å²) in [6.07, 6.45) is 2.63. The van der Waals surface area contributed by atoms with Crippen LogP contribution in [0.1, 0.15) is 25.7 Å². The molecular weight excluding hydrogens is 296 g/mol. The number of carboxylic acids is 1. The number of nitrogens with zero attached hydrogens (tertiary/aromatic N) is 2. The van der Waals surface area contributed by atoms with E-state index >= 15 is 0 Å². The van der Waals surface area contributed by atoms with E-state index in [0.29, 0.717) is 5.82 Å². The highest BCUT2D eigenvalue weighted by molar-refractivity contribution is 9.10. The molecule has 0 radical (unpaired) electrons. The van der Waals surface area contributed by atoms with E-state index in [-0.39, 0.29) is 6.04 Å². The van der Waals surface area contributed by atoms with Crippen molar-refractivity contribution in [1.82, 2.24) is 9.55 Å². The molecule has 0 aliphatic rings. The first-order chi connectivity index (χ1) is 8.50. The third-order valence-electron chi connectivity index (χ3n) is 2.59. The number of carboxylic acid groups (broad SMARTS) is 1. The highest BCUT2D eigenvalue weighted by Crippen LogP contribution is 2.27. The van der Waals surface area contributed by atoms with Gasteiger partial charge in [0.15, 0.2) is 0 Å². The molecule has 2 aromatic rings. The number of halogens is 1. The number of carbonyl (C=O) groups is 1. The van der Waals surface area contributed by atoms with Gasteiger partial charge in [-0.05, 0) is 48.0 Å². The first-order valence-corrected chi connectivity index (χ1v) is 6.37. The number of hydrogen-bond donors (Lipinski definition) is 1. The van der Waals surface area contributed by atoms with E-state index in [1.54, 1.807) is 0 Å². The molecule has 0 spiro atoms. The van der Waals surface area contributed by atoms with Crippen molar-refractivity contribution < 1.29 is 9.90 Å². The molecule has 0 bridgehead atoms. The Balaban J connectivity index is 2.69. The monoisotopic (exact) mass is 308 g/mol. The average Bonchev–Trinajstić information content (AvgIpc) is 2.66. The van der Waals surface area contributed by atoms with Crippen molar-refractivity contribution in [2.45, 2.75) is 19.9 Å². The maximum absolute atomic E-state index is 10.6. The Kier molecular flexibility index (Phi) is 3.52. The first-order valence-electron chi connectivity index (χ1n) is 5.58. The molecule has 0 saturated carbocycles. The quantitative estimate of drug-likeness (QED) is 0.883. The average molecular weight is 309 g/mol. The van der Waals surface area contributed by atoms with Crippen molar-refractivity contribution in [3.05, 3.63) is 34.6 Å². The van der Waals surface area contributed by atoms with Crippen LogP contribution in [0.2, 0.25) is 0 Å². The van der Waals surface area contributed by atoms with Crippen molar-refractivity contribution in [2.24, 2.45) is 0 Å². The predicted octanol–water partition coefficient (Wildman–Crippen LogP) is 3.48. The van der Waals surface area contributed by atoms with Crippen LogP contribution in [0.5, 0.6) is 0 Å². The van der Waals surface area contributed by atoms with E-state index in [1.165, 1.54) is 6.08 Å². The first kappa shape index (κ1) is 12.8. The molecule has 0 atom stereocenters. The molecular formula is C13H13BrN2O2. The Morgan fingerprint density at radius 3 is 2.83 bits per heavy atom. The predicted molar refractivity (Wildman–Crippen MR) is 74.5 cm³/mol. The Bertz CT molecular complexity index is 629. The van der Waals surface area contributed by atoms with Crippen LogP contribution >= 0.6 is 15.9 Å². The zero-order chi connectivity index (χ0) is 13.3. The summed E-state index contributed by atoms with van der Waals surface area (Å²) in [5.41, 5.74) is 1.83. The minimum Gasteiger partial charge on any atom is -0.478 e. The molecule has 0 aliphatic carbocycles. The number of hydrogen-bond acceptors (Lipinski definition) is 2. The summed E-state index contributed by atoms with van der Waals surface area (Å²) in [4.78, 5) is 15.1. The molecule has 1 aromatic heterocycles. The summed E-state index contributed by atoms with van der Waals surface area (Å²) >= 11 is 3.46. The van der Waals surface area contributed by atoms with Crippen LogP contribution in [-0.4, -0.2) is 20.6 Å². The number of imidazole rings is 1. The van der Waals surface area contributed by atoms with Gasteiger partial charge in [0.2, 0.25) is 0 Å². The van der Waals surface area contributed by atoms with Gasteiger partial charge >= 0.3 is 5.97 Å². The van der Waals surface area contributed by atoms with E-state index in [2.05, 4.69) is 20.9 Å². The highest BCUT2D eigenvalue weighted by Gasteiger charge is 2.13. The van der Waals surface area contributed by atoms with Gasteiger partial charge < -0.3 is 9.67 Å². The fourth-order valence-electron chi connectivity index (χ4n) is 1.91. The second kappa shape index (κ2) is 4.94. The molecule has 18 heavy (non-hydrogen) atoms. The largest absolute Gasteiger partial charge is 0.478 e. The molecule has 1 heterocycles. The zero-order valence-corrected chi connectivity index (χ0v) is 11.7. The molecule has 5 heteroatoms. The van der Waals surface area contributed by atoms with Gasteiger partial charge in [-0.3, -0.25) is 0 Å². The summed E-state index contributed by atoms with van der Waals surface area (Å²) in [6.45, 7) is 4.08. The second-order valence-electron chi connectivity index (χ2n) is 4.21. The van der Waals surface area contributed by atoms with Gasteiger partial charge in [-0.25, -0.2) is 9.78 Å². The minimum atomic E-state index is -0.976. The van der Waals surface area contributed by atoms with Crippen LogP contribution in [0.25, 0.3) is 17.1 Å². The Hall–Kier alpha value is -1.62. The summed E-state index contributed by atoms with van der Waals surface area (Å²) in [5.74, 6) is -0.328. The minimum absolute atomic E-state index is 0.206. The van der Waals surface area contributed by atoms with Crippen molar-refractivity contribution in [1.29, 1.82) is 0 Å². The standard InChI is InChI=1S/C13H13BrN2O2/c1-8(2)16-10-5-3-4-9(14)13(10)15-11(16)6-7-12(17)18/h3-8H,1-2H3,(H,17,18)/b7-6+. The number of benzene rings is 1. The van der Waals surface area contributed by atoms with Gasteiger partial charge in [-0.1, -0.05) is 6.07 Å². The summed E-state index contributed by atoms with van der Waals surface area (Å²) < 4.78 is 2.92. The van der Waals surface area contributed by atoms with E-state index in [1.807, 2.05) is 36.6 Å². The third kappa shape index (κ3) is 2.31. The molecule has 1 aromatic carbocycles. The zero-order valence-electron chi connectivity index (χ0n) is 10.1. The summed E-state index contributed by atoms with van der Waals surface area (Å²) in [5, 5.41) is 8.70. The number of aliphatic carboxylic acids is 1. The second-order valence-corrected chi connectivity index (χ2v) is 5.07. The van der Waals surface area contributed by atoms with Crippen molar-refractivity contribution in [2.75, 3.05) is 0 Å². The van der Waals surface area contributed by atoms with Crippen LogP contribution in [0.3, 0.4) is 0 Å². The van der Waals surface area contributed by atoms with Gasteiger partial charge in [0.25, 0.3) is 0 Å². The number of fused-ring (bicyclic) bond motifs is 1. The Morgan fingerprint density at radius 2 is 2.22 bits per heavy atom. The molecule has 0 aliphatic heterocycles. The van der Waals surface area contributed by atoms with Crippen molar-refractivity contribution >= 4 is 39.0 Å². The van der Waals surface area contributed by atoms with Gasteiger partial charge in [0.05, 0.1) is 5.52 Å². The molecule has 0 unspecified atom stereocenters. The normalized spacial score (nSPS) is 11.8. The van der Waals surface area contributed by atoms with Crippen LogP contribution < -0.4 is 0 Å². The molecule has 2 rings (SSSR count). The van der Waals surface area contributed by atoms with Crippen LogP contribution in [0, 0.1) is 0 Å². The lowest BCUT2D eigenvalue weighted by Gasteiger charge is -2.10. The van der Waals surface area contributed by atoms with Crippen LogP contribution in [-0.2, 0) is 4.79 Å². The lowest BCUT2D eigenvalue weighted by molar-refractivity contribution is -0.131. The summed E-state index contributed by atoms with van der Waals surface area (Å²) in [7, 11) is 0. The molecule has 4 nitrogen and oxygen atoms in total. The van der Waals surface area contributed by atoms with Crippen LogP contribution in [0.4, 0.5) is 0 Å². The van der Waals surface area contributed by atoms with Crippen molar-refractivity contribution in [3.63, 3.8) is 0 Å². The van der Waals surface area contributed by atoms with Gasteiger partial charge in [-0.2, -0.15) is 0 Å². The number of para-hydroxylation sites is 1. The topological polar surface area (TPSA) is 55.1 Å². The highest BCUT2D eigenvalue weighted by atomic mass is 79.9. The van der Waals surface area contributed by atoms with Gasteiger partial charge in [-0.15, -0.1) is 0 Å². The number of rotatable bonds is 3. The Labute approximate surface area is 113 Å². The SMILES string of the molecule is CC(C)n1c(/C=C/C(=O)O)nc2c(Br)cccc21. The molecule has 1 N–H and O–H groups in total. The molecule has 0 fully saturated rings. The van der Waals surface area contributed by atoms with E-state index < -0.39 is 5.97 Å². The fraction of sp³-hybridized carbons (Fsp3) is 0.231. The number of aromatic nitrogens is 2. The lowest BCUT2D eigenvalue weighted by Crippen LogP contribution is -2.03. The smallest absolute Gasteiger partial charge is 0.328 e. The fourth-order valence-corrected chi connectivity index (χ4v) is 2.35.